The van der Waals surface area contributed by atoms with E-state index in [1.54, 1.807) is 0 Å². The van der Waals surface area contributed by atoms with Gasteiger partial charge in [-0.15, -0.1) is 5.54 Å². The van der Waals surface area contributed by atoms with Gasteiger partial charge in [-0.1, -0.05) is 47.6 Å². The van der Waals surface area contributed by atoms with Crippen molar-refractivity contribution in [2.24, 2.45) is 0 Å². The molecule has 2 atom stereocenters. The molecule has 17 heavy (non-hydrogen) atoms. The summed E-state index contributed by atoms with van der Waals surface area (Å²) in [7, 11) is -1.52. The fourth-order valence-electron chi connectivity index (χ4n) is 1.74. The maximum Gasteiger partial charge on any atom is 0.147 e. The molecule has 0 aromatic heterocycles. The molecule has 1 rings (SSSR count). The largest absolute Gasteiger partial charge is 0.381 e. The Labute approximate surface area is 113 Å². The average molecular weight is 317 g/mol. The first kappa shape index (κ1) is 15.0. The van der Waals surface area contributed by atoms with Crippen molar-refractivity contribution in [3.05, 3.63) is 10.6 Å². The minimum atomic E-state index is -1.52. The number of hydrogen-bond donors (Lipinski definition) is 2. The second kappa shape index (κ2) is 5.70. The van der Waals surface area contributed by atoms with Crippen molar-refractivity contribution in [1.82, 2.24) is 0 Å². The van der Waals surface area contributed by atoms with Crippen LogP contribution in [0, 0.1) is 11.5 Å². The monoisotopic (exact) mass is 316 g/mol. The predicted octanol–water partition coefficient (Wildman–Crippen LogP) is 2.81. The lowest BCUT2D eigenvalue weighted by Gasteiger charge is -2.29. The van der Waals surface area contributed by atoms with E-state index in [-0.39, 0.29) is 0 Å². The van der Waals surface area contributed by atoms with Crippen LogP contribution in [-0.2, 0) is 0 Å². The molecule has 96 valence electrons. The van der Waals surface area contributed by atoms with Crippen molar-refractivity contribution in [2.75, 3.05) is 0 Å². The van der Waals surface area contributed by atoms with Crippen molar-refractivity contribution in [2.45, 2.75) is 57.0 Å². The zero-order valence-electron chi connectivity index (χ0n) is 10.8. The first-order chi connectivity index (χ1) is 7.76. The summed E-state index contributed by atoms with van der Waals surface area (Å²) in [6, 6.07) is 0. The van der Waals surface area contributed by atoms with Crippen molar-refractivity contribution in [3.63, 3.8) is 0 Å². The third kappa shape index (κ3) is 4.25. The molecule has 0 amide bonds. The molecular weight excluding hydrogens is 296 g/mol. The summed E-state index contributed by atoms with van der Waals surface area (Å²) in [5.41, 5.74) is 1.90. The van der Waals surface area contributed by atoms with Gasteiger partial charge in [0, 0.05) is 4.48 Å². The van der Waals surface area contributed by atoms with E-state index >= 15 is 0 Å². The van der Waals surface area contributed by atoms with Crippen LogP contribution in [0.4, 0.5) is 0 Å². The van der Waals surface area contributed by atoms with Gasteiger partial charge in [-0.25, -0.2) is 0 Å². The lowest BCUT2D eigenvalue weighted by molar-refractivity contribution is -0.0177. The maximum absolute atomic E-state index is 10.5. The molecule has 4 heteroatoms. The van der Waals surface area contributed by atoms with Crippen LogP contribution in [0.2, 0.25) is 19.6 Å². The Morgan fingerprint density at radius 1 is 1.41 bits per heavy atom. The highest BCUT2D eigenvalue weighted by Crippen LogP contribution is 2.34. The van der Waals surface area contributed by atoms with Gasteiger partial charge in [0.1, 0.15) is 19.8 Å². The number of allylic oxidation sites excluding steroid dienone is 1. The third-order valence-electron chi connectivity index (χ3n) is 2.79. The van der Waals surface area contributed by atoms with Crippen molar-refractivity contribution in [1.29, 1.82) is 0 Å². The molecule has 0 spiro atoms. The predicted molar refractivity (Wildman–Crippen MR) is 77.6 cm³/mol. The van der Waals surface area contributed by atoms with Crippen LogP contribution < -0.4 is 0 Å². The van der Waals surface area contributed by atoms with Gasteiger partial charge in [0.15, 0.2) is 0 Å². The minimum absolute atomic E-state index is 0.561. The number of hydrogen-bond acceptors (Lipinski definition) is 2. The molecule has 0 saturated carbocycles. The molecule has 0 heterocycles. The summed E-state index contributed by atoms with van der Waals surface area (Å²) >= 11 is 3.38. The third-order valence-corrected chi connectivity index (χ3v) is 4.69. The van der Waals surface area contributed by atoms with Gasteiger partial charge in [-0.2, -0.15) is 0 Å². The van der Waals surface area contributed by atoms with E-state index in [0.29, 0.717) is 10.9 Å². The van der Waals surface area contributed by atoms with Gasteiger partial charge in [0.25, 0.3) is 0 Å². The molecule has 1 aliphatic carbocycles. The van der Waals surface area contributed by atoms with Crippen LogP contribution in [-0.4, -0.2) is 30.0 Å². The van der Waals surface area contributed by atoms with Gasteiger partial charge in [-0.05, 0) is 25.7 Å². The second-order valence-electron chi connectivity index (χ2n) is 5.64. The highest BCUT2D eigenvalue weighted by atomic mass is 79.9. The molecule has 2 nitrogen and oxygen atoms in total. The molecule has 0 saturated heterocycles. The minimum Gasteiger partial charge on any atom is -0.381 e. The standard InChI is InChI=1S/C13H21BrO2Si/c1-17(2,3)10-8-12(15)13(16)9-6-4-5-7-11(13)14/h7,12,15-16H,4-6,9H2,1-3H3/t12-,13+/m0/s1. The Kier molecular flexibility index (Phi) is 5.03. The maximum atomic E-state index is 10.5. The fourth-order valence-corrected chi connectivity index (χ4v) is 2.95. The van der Waals surface area contributed by atoms with Crippen LogP contribution in [0.3, 0.4) is 0 Å². The second-order valence-corrected chi connectivity index (χ2v) is 11.2. The zero-order valence-corrected chi connectivity index (χ0v) is 13.3. The van der Waals surface area contributed by atoms with E-state index in [1.807, 2.05) is 6.08 Å². The number of aliphatic hydroxyl groups is 2. The first-order valence-electron chi connectivity index (χ1n) is 6.05. The highest BCUT2D eigenvalue weighted by molar-refractivity contribution is 9.11. The molecule has 0 aromatic rings. The summed E-state index contributed by atoms with van der Waals surface area (Å²) in [5.74, 6) is 2.84. The SMILES string of the molecule is C[Si](C)(C)C#C[C@H](O)[C@@]1(O)CCCCC=C1Br. The lowest BCUT2D eigenvalue weighted by atomic mass is 9.92. The van der Waals surface area contributed by atoms with Crippen molar-refractivity contribution < 1.29 is 10.2 Å². The van der Waals surface area contributed by atoms with Crippen molar-refractivity contribution >= 4 is 24.0 Å². The molecule has 0 bridgehead atoms. The van der Waals surface area contributed by atoms with E-state index in [0.717, 1.165) is 19.3 Å². The summed E-state index contributed by atoms with van der Waals surface area (Å²) in [4.78, 5) is 0. The van der Waals surface area contributed by atoms with E-state index in [9.17, 15) is 10.2 Å². The van der Waals surface area contributed by atoms with E-state index in [2.05, 4.69) is 47.0 Å². The Balaban J connectivity index is 2.91. The highest BCUT2D eigenvalue weighted by Gasteiger charge is 2.38. The smallest absolute Gasteiger partial charge is 0.147 e. The Morgan fingerprint density at radius 3 is 2.65 bits per heavy atom. The van der Waals surface area contributed by atoms with Crippen LogP contribution in [0.25, 0.3) is 0 Å². The normalized spacial score (nSPS) is 27.5. The Bertz CT molecular complexity index is 362. The molecule has 1 aliphatic rings. The van der Waals surface area contributed by atoms with Crippen molar-refractivity contribution in [3.8, 4) is 11.5 Å². The molecule has 0 unspecified atom stereocenters. The van der Waals surface area contributed by atoms with Gasteiger partial charge in [0.05, 0.1) is 0 Å². The van der Waals surface area contributed by atoms with Crippen LogP contribution in [0.1, 0.15) is 25.7 Å². The van der Waals surface area contributed by atoms with E-state index in [1.165, 1.54) is 0 Å². The first-order valence-corrected chi connectivity index (χ1v) is 10.3. The number of halogens is 1. The summed E-state index contributed by atoms with van der Waals surface area (Å²) < 4.78 is 0.680. The molecule has 2 N–H and O–H groups in total. The fraction of sp³-hybridized carbons (Fsp3) is 0.692. The Hall–Kier alpha value is -0.0831. The van der Waals surface area contributed by atoms with Crippen LogP contribution in [0.5, 0.6) is 0 Å². The quantitative estimate of drug-likeness (QED) is 0.577. The van der Waals surface area contributed by atoms with E-state index in [4.69, 9.17) is 0 Å². The van der Waals surface area contributed by atoms with Gasteiger partial charge < -0.3 is 10.2 Å². The average Bonchev–Trinajstić information content (AvgIpc) is 2.38. The van der Waals surface area contributed by atoms with E-state index < -0.39 is 19.8 Å². The summed E-state index contributed by atoms with van der Waals surface area (Å²) in [6.07, 6.45) is 4.41. The summed E-state index contributed by atoms with van der Waals surface area (Å²) in [6.45, 7) is 6.36. The number of rotatable bonds is 1. The topological polar surface area (TPSA) is 40.5 Å². The molecule has 0 aliphatic heterocycles. The van der Waals surface area contributed by atoms with Gasteiger partial charge in [0.2, 0.25) is 0 Å². The Morgan fingerprint density at radius 2 is 2.06 bits per heavy atom. The molecular formula is C13H21BrO2Si. The lowest BCUT2D eigenvalue weighted by Crippen LogP contribution is -2.42. The molecule has 0 aromatic carbocycles. The summed E-state index contributed by atoms with van der Waals surface area (Å²) in [5, 5.41) is 20.7. The van der Waals surface area contributed by atoms with Crippen LogP contribution >= 0.6 is 15.9 Å². The number of aliphatic hydroxyl groups excluding tert-OH is 1. The van der Waals surface area contributed by atoms with Crippen LogP contribution in [0.15, 0.2) is 10.6 Å². The van der Waals surface area contributed by atoms with Gasteiger partial charge >= 0.3 is 0 Å². The zero-order chi connectivity index (χ0) is 13.1. The van der Waals surface area contributed by atoms with Gasteiger partial charge in [-0.3, -0.25) is 0 Å². The molecule has 0 radical (unpaired) electrons. The molecule has 0 fully saturated rings.